The lowest BCUT2D eigenvalue weighted by atomic mass is 10.1. The number of primary amides is 1. The quantitative estimate of drug-likeness (QED) is 0.774. The highest BCUT2D eigenvalue weighted by atomic mass is 16.6. The topological polar surface area (TPSA) is 86.3 Å². The van der Waals surface area contributed by atoms with Crippen LogP contribution in [0, 0.1) is 0 Å². The van der Waals surface area contributed by atoms with Gasteiger partial charge >= 0.3 is 6.09 Å². The number of ether oxygens (including phenoxy) is 2. The maximum Gasteiger partial charge on any atom is 0.415 e. The molecule has 2 aromatic heterocycles. The van der Waals surface area contributed by atoms with Gasteiger partial charge in [-0.1, -0.05) is 6.07 Å². The van der Waals surface area contributed by atoms with Crippen LogP contribution in [-0.4, -0.2) is 47.6 Å². The summed E-state index contributed by atoms with van der Waals surface area (Å²) in [6, 6.07) is 10.7. The Kier molecular flexibility index (Phi) is 3.77. The Morgan fingerprint density at radius 2 is 1.88 bits per heavy atom. The van der Waals surface area contributed by atoms with Crippen molar-refractivity contribution in [1.82, 2.24) is 9.30 Å². The molecule has 0 saturated carbocycles. The van der Waals surface area contributed by atoms with Crippen LogP contribution in [0.15, 0.2) is 42.6 Å². The van der Waals surface area contributed by atoms with Crippen LogP contribution in [0.25, 0.3) is 16.4 Å². The van der Waals surface area contributed by atoms with Crippen LogP contribution in [0.5, 0.6) is 5.75 Å². The summed E-state index contributed by atoms with van der Waals surface area (Å²) in [5.41, 5.74) is 7.49. The maximum atomic E-state index is 12.2. The number of hydrogen-bond acceptors (Lipinski definition) is 4. The molecule has 3 heterocycles. The highest BCUT2D eigenvalue weighted by Gasteiger charge is 2.20. The number of amides is 2. The minimum Gasteiger partial charge on any atom is -0.410 e. The highest BCUT2D eigenvalue weighted by molar-refractivity contribution is 6.13. The number of carbonyl (C=O) groups excluding carboxylic acids is 2. The molecule has 2 N–H and O–H groups in total. The van der Waals surface area contributed by atoms with Crippen LogP contribution in [0.2, 0.25) is 0 Å². The molecule has 4 rings (SSSR count). The van der Waals surface area contributed by atoms with Gasteiger partial charge in [-0.05, 0) is 24.3 Å². The summed E-state index contributed by atoms with van der Waals surface area (Å²) in [5.74, 6) is -0.0694. The number of carbonyl (C=O) groups is 2. The number of rotatable bonds is 2. The molecule has 0 unspecified atom stereocenters. The van der Waals surface area contributed by atoms with Crippen LogP contribution in [-0.2, 0) is 4.74 Å². The van der Waals surface area contributed by atoms with E-state index < -0.39 is 12.0 Å². The Labute approximate surface area is 143 Å². The summed E-state index contributed by atoms with van der Waals surface area (Å²) >= 11 is 0. The summed E-state index contributed by atoms with van der Waals surface area (Å²) in [6.07, 6.45) is 1.44. The molecule has 0 radical (unpaired) electrons. The average Bonchev–Trinajstić information content (AvgIpc) is 2.96. The van der Waals surface area contributed by atoms with Crippen LogP contribution in [0.1, 0.15) is 10.4 Å². The molecule has 25 heavy (non-hydrogen) atoms. The van der Waals surface area contributed by atoms with E-state index in [4.69, 9.17) is 15.2 Å². The van der Waals surface area contributed by atoms with Crippen molar-refractivity contribution in [2.24, 2.45) is 5.73 Å². The molecule has 0 spiro atoms. The number of nitrogens with zero attached hydrogens (tertiary/aromatic N) is 2. The molecule has 1 aliphatic heterocycles. The van der Waals surface area contributed by atoms with Gasteiger partial charge in [0.05, 0.1) is 29.8 Å². The van der Waals surface area contributed by atoms with E-state index in [9.17, 15) is 9.59 Å². The molecular formula is C18H17N3O4. The van der Waals surface area contributed by atoms with Gasteiger partial charge in [0, 0.05) is 30.7 Å². The van der Waals surface area contributed by atoms with Gasteiger partial charge in [0.15, 0.2) is 0 Å². The Hall–Kier alpha value is -3.06. The number of fused-ring (bicyclic) bond motifs is 3. The second kappa shape index (κ2) is 6.10. The molecule has 3 aromatic rings. The van der Waals surface area contributed by atoms with Gasteiger partial charge in [0.1, 0.15) is 5.75 Å². The smallest absolute Gasteiger partial charge is 0.410 e. The van der Waals surface area contributed by atoms with E-state index in [1.54, 1.807) is 23.1 Å². The third-order valence-electron chi connectivity index (χ3n) is 4.33. The minimum atomic E-state index is -0.489. The number of morpholine rings is 1. The lowest BCUT2D eigenvalue weighted by Crippen LogP contribution is -2.42. The number of hydrogen-bond donors (Lipinski definition) is 1. The van der Waals surface area contributed by atoms with Crippen molar-refractivity contribution in [3.05, 3.63) is 48.2 Å². The zero-order valence-electron chi connectivity index (χ0n) is 13.5. The predicted molar refractivity (Wildman–Crippen MR) is 91.8 cm³/mol. The molecule has 2 amide bonds. The molecule has 128 valence electrons. The molecule has 1 aliphatic rings. The van der Waals surface area contributed by atoms with Gasteiger partial charge in [0.25, 0.3) is 5.91 Å². The Morgan fingerprint density at radius 3 is 2.64 bits per heavy atom. The van der Waals surface area contributed by atoms with Gasteiger partial charge < -0.3 is 24.5 Å². The molecule has 1 saturated heterocycles. The van der Waals surface area contributed by atoms with Crippen molar-refractivity contribution in [3.8, 4) is 5.75 Å². The standard InChI is InChI=1S/C18H17N3O4/c19-17(22)16-13-5-4-12(25-18(23)20-7-9-24-10-8-20)11-15(13)21-6-2-1-3-14(16)21/h1-6,11H,7-10H2,(H2,19,22). The maximum absolute atomic E-state index is 12.2. The van der Waals surface area contributed by atoms with Gasteiger partial charge in [-0.15, -0.1) is 0 Å². The Balaban J connectivity index is 1.74. The van der Waals surface area contributed by atoms with Gasteiger partial charge in [-0.2, -0.15) is 0 Å². The minimum absolute atomic E-state index is 0.404. The summed E-state index contributed by atoms with van der Waals surface area (Å²) in [5, 5.41) is 0.727. The Bertz CT molecular complexity index is 973. The fraction of sp³-hybridized carbons (Fsp3) is 0.222. The molecule has 7 nitrogen and oxygen atoms in total. The van der Waals surface area contributed by atoms with Crippen molar-refractivity contribution in [2.45, 2.75) is 0 Å². The van der Waals surface area contributed by atoms with Crippen molar-refractivity contribution < 1.29 is 19.1 Å². The predicted octanol–water partition coefficient (Wildman–Crippen LogP) is 2.02. The fourth-order valence-corrected chi connectivity index (χ4v) is 3.15. The van der Waals surface area contributed by atoms with E-state index in [0.29, 0.717) is 37.6 Å². The molecular weight excluding hydrogens is 322 g/mol. The third kappa shape index (κ3) is 2.68. The van der Waals surface area contributed by atoms with E-state index in [0.717, 1.165) is 16.4 Å². The Morgan fingerprint density at radius 1 is 1.08 bits per heavy atom. The van der Waals surface area contributed by atoms with Crippen molar-refractivity contribution in [1.29, 1.82) is 0 Å². The third-order valence-corrected chi connectivity index (χ3v) is 4.33. The van der Waals surface area contributed by atoms with E-state index in [2.05, 4.69) is 0 Å². The normalized spacial score (nSPS) is 14.8. The monoisotopic (exact) mass is 339 g/mol. The lowest BCUT2D eigenvalue weighted by Gasteiger charge is -2.25. The number of aromatic nitrogens is 1. The first kappa shape index (κ1) is 15.5. The first-order valence-corrected chi connectivity index (χ1v) is 8.02. The zero-order valence-corrected chi connectivity index (χ0v) is 13.5. The summed E-state index contributed by atoms with van der Waals surface area (Å²) in [6.45, 7) is 2.06. The molecule has 1 fully saturated rings. The van der Waals surface area contributed by atoms with E-state index >= 15 is 0 Å². The van der Waals surface area contributed by atoms with E-state index in [1.807, 2.05) is 28.8 Å². The number of benzene rings is 1. The second-order valence-electron chi connectivity index (χ2n) is 5.84. The van der Waals surface area contributed by atoms with Crippen LogP contribution in [0.4, 0.5) is 4.79 Å². The van der Waals surface area contributed by atoms with Crippen molar-refractivity contribution in [3.63, 3.8) is 0 Å². The van der Waals surface area contributed by atoms with E-state index in [-0.39, 0.29) is 0 Å². The summed E-state index contributed by atoms with van der Waals surface area (Å²) in [7, 11) is 0. The molecule has 0 atom stereocenters. The van der Waals surface area contributed by atoms with Crippen LogP contribution < -0.4 is 10.5 Å². The van der Waals surface area contributed by atoms with Gasteiger partial charge in [-0.3, -0.25) is 4.79 Å². The van der Waals surface area contributed by atoms with E-state index in [1.165, 1.54) is 0 Å². The summed E-state index contributed by atoms with van der Waals surface area (Å²) in [4.78, 5) is 25.7. The van der Waals surface area contributed by atoms with Gasteiger partial charge in [0.2, 0.25) is 0 Å². The molecule has 1 aromatic carbocycles. The lowest BCUT2D eigenvalue weighted by molar-refractivity contribution is 0.0416. The largest absolute Gasteiger partial charge is 0.415 e. The number of pyridine rings is 1. The fourth-order valence-electron chi connectivity index (χ4n) is 3.15. The van der Waals surface area contributed by atoms with Crippen molar-refractivity contribution >= 4 is 28.4 Å². The van der Waals surface area contributed by atoms with Gasteiger partial charge in [-0.25, -0.2) is 4.79 Å². The first-order valence-electron chi connectivity index (χ1n) is 8.02. The van der Waals surface area contributed by atoms with Crippen LogP contribution in [0.3, 0.4) is 0 Å². The van der Waals surface area contributed by atoms with Crippen molar-refractivity contribution in [2.75, 3.05) is 26.3 Å². The number of nitrogens with two attached hydrogens (primary N) is 1. The molecule has 7 heteroatoms. The molecule has 0 bridgehead atoms. The highest BCUT2D eigenvalue weighted by Crippen LogP contribution is 2.29. The molecule has 0 aliphatic carbocycles. The zero-order chi connectivity index (χ0) is 17.4. The SMILES string of the molecule is NC(=O)c1c2ccc(OC(=O)N3CCOCC3)cc2n2ccccc12. The summed E-state index contributed by atoms with van der Waals surface area (Å²) < 4.78 is 12.6. The average molecular weight is 339 g/mol. The first-order chi connectivity index (χ1) is 12.1. The second-order valence-corrected chi connectivity index (χ2v) is 5.84. The van der Waals surface area contributed by atoms with Crippen LogP contribution >= 0.6 is 0 Å².